The number of hydroxylamine groups is 1. The second kappa shape index (κ2) is 11.2. The zero-order valence-electron chi connectivity index (χ0n) is 21.4. The SMILES string of the molecule is CC(C)[C@H](N)C(=O)OC[C@@H]1C=C(c2ccc(-c3ccc(N4C[C@H](Cn5ccnn5)OC4=O)cc3F)cn2)NO1. The van der Waals surface area contributed by atoms with Gasteiger partial charge in [0.1, 0.15) is 30.7 Å². The Morgan fingerprint density at radius 3 is 2.85 bits per heavy atom. The van der Waals surface area contributed by atoms with Crippen LogP contribution in [0.4, 0.5) is 14.9 Å². The van der Waals surface area contributed by atoms with Gasteiger partial charge in [0.05, 0.1) is 36.4 Å². The minimum absolute atomic E-state index is 0.0111. The van der Waals surface area contributed by atoms with Crippen LogP contribution in [0.5, 0.6) is 0 Å². The highest BCUT2D eigenvalue weighted by molar-refractivity contribution is 5.90. The van der Waals surface area contributed by atoms with Crippen molar-refractivity contribution in [2.75, 3.05) is 18.1 Å². The molecule has 2 aliphatic heterocycles. The monoisotopic (exact) mass is 537 g/mol. The van der Waals surface area contributed by atoms with E-state index in [2.05, 4.69) is 20.8 Å². The standard InChI is InChI=1S/C26H28FN7O5/c1-15(2)24(28)25(35)37-14-18-10-23(31-39-18)22-6-3-16(11-29-22)20-5-4-17(9-21(20)27)34-13-19(38-26(34)36)12-33-8-7-30-32-33/h3-11,15,18-19,24,31H,12-14,28H2,1-2H3/t18-,19-,24-/m0/s1. The van der Waals surface area contributed by atoms with Crippen molar-refractivity contribution in [3.05, 3.63) is 66.5 Å². The Hall–Kier alpha value is -4.36. The second-order valence-corrected chi connectivity index (χ2v) is 9.58. The average Bonchev–Trinajstić information content (AvgIpc) is 3.69. The van der Waals surface area contributed by atoms with Crippen LogP contribution in [0, 0.1) is 11.7 Å². The number of hydrogen-bond acceptors (Lipinski definition) is 10. The molecule has 1 amide bonds. The summed E-state index contributed by atoms with van der Waals surface area (Å²) in [5, 5.41) is 7.61. The van der Waals surface area contributed by atoms with Gasteiger partial charge in [-0.25, -0.2) is 13.9 Å². The van der Waals surface area contributed by atoms with Gasteiger partial charge in [0.2, 0.25) is 0 Å². The maximum Gasteiger partial charge on any atom is 0.414 e. The summed E-state index contributed by atoms with van der Waals surface area (Å²) in [5.74, 6) is -1.02. The van der Waals surface area contributed by atoms with E-state index in [4.69, 9.17) is 20.0 Å². The van der Waals surface area contributed by atoms with Gasteiger partial charge in [-0.05, 0) is 36.3 Å². The molecule has 1 aromatic carbocycles. The summed E-state index contributed by atoms with van der Waals surface area (Å²) in [4.78, 5) is 35.6. The molecule has 1 fully saturated rings. The molecule has 39 heavy (non-hydrogen) atoms. The number of ether oxygens (including phenoxy) is 2. The van der Waals surface area contributed by atoms with E-state index in [1.807, 2.05) is 13.8 Å². The van der Waals surface area contributed by atoms with E-state index in [0.717, 1.165) is 0 Å². The van der Waals surface area contributed by atoms with Gasteiger partial charge < -0.3 is 15.2 Å². The largest absolute Gasteiger partial charge is 0.461 e. The van der Waals surface area contributed by atoms with Crippen LogP contribution in [-0.4, -0.2) is 63.4 Å². The molecule has 0 unspecified atom stereocenters. The topological polar surface area (TPSA) is 147 Å². The summed E-state index contributed by atoms with van der Waals surface area (Å²) < 4.78 is 27.3. The summed E-state index contributed by atoms with van der Waals surface area (Å²) in [6, 6.07) is 7.32. The number of carbonyl (C=O) groups is 2. The van der Waals surface area contributed by atoms with E-state index in [9.17, 15) is 9.59 Å². The van der Waals surface area contributed by atoms with Gasteiger partial charge in [-0.1, -0.05) is 25.1 Å². The smallest absolute Gasteiger partial charge is 0.414 e. The summed E-state index contributed by atoms with van der Waals surface area (Å²) in [6.45, 7) is 4.32. The maximum atomic E-state index is 15.1. The first-order valence-electron chi connectivity index (χ1n) is 12.4. The van der Waals surface area contributed by atoms with Crippen LogP contribution in [0.15, 0.2) is 55.0 Å². The summed E-state index contributed by atoms with van der Waals surface area (Å²) in [5.41, 5.74) is 11.0. The van der Waals surface area contributed by atoms with E-state index >= 15 is 4.39 Å². The van der Waals surface area contributed by atoms with Crippen molar-refractivity contribution in [2.45, 2.75) is 38.6 Å². The van der Waals surface area contributed by atoms with Crippen LogP contribution >= 0.6 is 0 Å². The molecule has 2 aromatic heterocycles. The van der Waals surface area contributed by atoms with Crippen molar-refractivity contribution in [3.8, 4) is 11.1 Å². The molecule has 204 valence electrons. The number of pyridine rings is 1. The van der Waals surface area contributed by atoms with Crippen LogP contribution in [0.25, 0.3) is 16.8 Å². The first-order valence-corrected chi connectivity index (χ1v) is 12.4. The second-order valence-electron chi connectivity index (χ2n) is 9.58. The van der Waals surface area contributed by atoms with Crippen molar-refractivity contribution >= 4 is 23.4 Å². The van der Waals surface area contributed by atoms with Crippen LogP contribution in [0.2, 0.25) is 0 Å². The molecule has 0 saturated carbocycles. The molecule has 5 rings (SSSR count). The van der Waals surface area contributed by atoms with Crippen molar-refractivity contribution in [2.24, 2.45) is 11.7 Å². The van der Waals surface area contributed by atoms with Gasteiger partial charge in [0.15, 0.2) is 0 Å². The Morgan fingerprint density at radius 1 is 1.31 bits per heavy atom. The molecule has 4 heterocycles. The van der Waals surface area contributed by atoms with Gasteiger partial charge >= 0.3 is 12.1 Å². The van der Waals surface area contributed by atoms with E-state index in [1.54, 1.807) is 53.6 Å². The third-order valence-electron chi connectivity index (χ3n) is 6.40. The fraction of sp³-hybridized carbons (Fsp3) is 0.346. The van der Waals surface area contributed by atoms with Crippen LogP contribution in [-0.2, 0) is 25.7 Å². The molecular formula is C26H28FN7O5. The van der Waals surface area contributed by atoms with Crippen molar-refractivity contribution in [1.82, 2.24) is 25.5 Å². The molecule has 0 bridgehead atoms. The normalized spacial score (nSPS) is 19.6. The molecule has 0 spiro atoms. The Labute approximate surface area is 223 Å². The van der Waals surface area contributed by atoms with Gasteiger partial charge in [0, 0.05) is 23.5 Å². The third kappa shape index (κ3) is 5.89. The third-order valence-corrected chi connectivity index (χ3v) is 6.40. The number of carbonyl (C=O) groups excluding carboxylic acids is 2. The molecular weight excluding hydrogens is 509 g/mol. The van der Waals surface area contributed by atoms with Crippen LogP contribution < -0.4 is 16.1 Å². The zero-order chi connectivity index (χ0) is 27.5. The number of hydrogen-bond donors (Lipinski definition) is 2. The van der Waals surface area contributed by atoms with E-state index in [1.165, 1.54) is 11.0 Å². The predicted octanol–water partition coefficient (Wildman–Crippen LogP) is 2.28. The van der Waals surface area contributed by atoms with E-state index in [-0.39, 0.29) is 19.1 Å². The summed E-state index contributed by atoms with van der Waals surface area (Å²) >= 11 is 0. The number of nitrogens with two attached hydrogens (primary N) is 1. The lowest BCUT2D eigenvalue weighted by atomic mass is 10.1. The number of aromatic nitrogens is 4. The molecule has 1 saturated heterocycles. The molecule has 0 radical (unpaired) electrons. The highest BCUT2D eigenvalue weighted by atomic mass is 19.1. The fourth-order valence-electron chi connectivity index (χ4n) is 4.13. The lowest BCUT2D eigenvalue weighted by molar-refractivity contribution is -0.149. The fourth-order valence-corrected chi connectivity index (χ4v) is 4.13. The zero-order valence-corrected chi connectivity index (χ0v) is 21.4. The highest BCUT2D eigenvalue weighted by Gasteiger charge is 2.33. The first-order chi connectivity index (χ1) is 18.8. The molecule has 3 atom stereocenters. The Kier molecular flexibility index (Phi) is 7.52. The molecule has 12 nitrogen and oxygen atoms in total. The number of cyclic esters (lactones) is 1. The van der Waals surface area contributed by atoms with E-state index in [0.29, 0.717) is 34.8 Å². The maximum absolute atomic E-state index is 15.1. The van der Waals surface area contributed by atoms with Gasteiger partial charge in [-0.3, -0.25) is 25.0 Å². The minimum Gasteiger partial charge on any atom is -0.461 e. The Bertz CT molecular complexity index is 1360. The van der Waals surface area contributed by atoms with Crippen LogP contribution in [0.1, 0.15) is 19.5 Å². The number of anilines is 1. The van der Waals surface area contributed by atoms with Gasteiger partial charge in [-0.2, -0.15) is 0 Å². The number of benzene rings is 1. The van der Waals surface area contributed by atoms with Crippen molar-refractivity contribution < 1.29 is 28.3 Å². The molecule has 0 aliphatic carbocycles. The molecule has 2 aliphatic rings. The van der Waals surface area contributed by atoms with Crippen molar-refractivity contribution in [3.63, 3.8) is 0 Å². The Balaban J connectivity index is 1.21. The molecule has 3 aromatic rings. The quantitative estimate of drug-likeness (QED) is 0.390. The summed E-state index contributed by atoms with van der Waals surface area (Å²) in [7, 11) is 0. The average molecular weight is 538 g/mol. The first kappa shape index (κ1) is 26.3. The lowest BCUT2D eigenvalue weighted by Crippen LogP contribution is -2.38. The van der Waals surface area contributed by atoms with E-state index < -0.39 is 36.1 Å². The molecule has 3 N–H and O–H groups in total. The van der Waals surface area contributed by atoms with Crippen molar-refractivity contribution in [1.29, 1.82) is 0 Å². The number of amides is 1. The number of esters is 1. The Morgan fingerprint density at radius 2 is 2.15 bits per heavy atom. The minimum atomic E-state index is -0.696. The highest BCUT2D eigenvalue weighted by Crippen LogP contribution is 2.30. The molecule has 13 heteroatoms. The predicted molar refractivity (Wildman–Crippen MR) is 137 cm³/mol. The number of halogens is 1. The van der Waals surface area contributed by atoms with Crippen LogP contribution in [0.3, 0.4) is 0 Å². The summed E-state index contributed by atoms with van der Waals surface area (Å²) in [6.07, 6.45) is 5.04. The number of nitrogens with zero attached hydrogens (tertiary/aromatic N) is 5. The lowest BCUT2D eigenvalue weighted by Gasteiger charge is -2.15. The number of nitrogens with one attached hydrogen (secondary N) is 1. The number of rotatable bonds is 9. The van der Waals surface area contributed by atoms with Gasteiger partial charge in [-0.15, -0.1) is 5.10 Å². The van der Waals surface area contributed by atoms with Gasteiger partial charge in [0.25, 0.3) is 0 Å².